The maximum Gasteiger partial charge on any atom is 0.343 e. The number of esters is 1. The Bertz CT molecular complexity index is 1320. The molecule has 4 heterocycles. The molecule has 14 nitrogen and oxygen atoms in total. The standard InChI is InChI=1S/C45H80N6O8/c1-29(52)57-36-25-34(58-39(26-36)33-23-38(54)43(55)41(24-33)56-20-13-32-6-3-16-47-28-32)10-8-31-9-11-37(53)40(21-31)59-35-7-2-14-45(27-35)15-19-50-44(51-45)49-17-4-5-30-12-18-48-42(46)22-30/h30-43,47-48,53-55H,2-28,46H2,1H3,(H2,49,50,51)/p+2/t30?,31?,32?,33?,34-,35-,36-,37?,38?,39-,40?,41?,42?,43?,45+/m0/s1. The molecule has 0 aromatic rings. The van der Waals surface area contributed by atoms with Gasteiger partial charge in [-0.2, -0.15) is 0 Å². The molecule has 0 amide bonds. The Kier molecular flexibility index (Phi) is 17.0. The molecule has 11 N–H and O–H groups in total. The van der Waals surface area contributed by atoms with Crippen molar-refractivity contribution >= 4 is 11.9 Å². The Hall–Kier alpha value is -1.62. The zero-order valence-electron chi connectivity index (χ0n) is 36.2. The van der Waals surface area contributed by atoms with E-state index in [-0.39, 0.29) is 54.1 Å². The minimum absolute atomic E-state index is 0.000966. The maximum absolute atomic E-state index is 12.1. The average Bonchev–Trinajstić information content (AvgIpc) is 3.21. The van der Waals surface area contributed by atoms with E-state index in [1.165, 1.54) is 32.6 Å². The van der Waals surface area contributed by atoms with E-state index in [2.05, 4.69) is 26.3 Å². The van der Waals surface area contributed by atoms with Crippen LogP contribution in [-0.2, 0) is 23.7 Å². The van der Waals surface area contributed by atoms with E-state index in [1.807, 2.05) is 0 Å². The molecule has 6 fully saturated rings. The first-order valence-corrected chi connectivity index (χ1v) is 24.2. The van der Waals surface area contributed by atoms with E-state index in [9.17, 15) is 20.1 Å². The van der Waals surface area contributed by atoms with Gasteiger partial charge in [-0.05, 0) is 139 Å². The SMILES string of the molecule is CC(=O)O[C@H]1C[C@H](CCC2CCC(O)C(O[C@H]3CCC[C@@]4(CC[NH+]=C(NCCCC5CC[NH2+]C(N)C5)N4)C3)C2)O[C@H](C2CC(O)C(O)C(OCCC3CCCNC3)C2)C1. The van der Waals surface area contributed by atoms with Gasteiger partial charge in [0.1, 0.15) is 18.4 Å². The van der Waals surface area contributed by atoms with Crippen LogP contribution in [0.5, 0.6) is 0 Å². The van der Waals surface area contributed by atoms with Gasteiger partial charge in [-0.1, -0.05) is 0 Å². The van der Waals surface area contributed by atoms with E-state index in [1.54, 1.807) is 0 Å². The molecule has 1 spiro atoms. The number of carbonyl (C=O) groups is 1. The lowest BCUT2D eigenvalue weighted by atomic mass is 9.76. The summed E-state index contributed by atoms with van der Waals surface area (Å²) in [6.45, 7) is 7.18. The lowest BCUT2D eigenvalue weighted by Gasteiger charge is -2.44. The van der Waals surface area contributed by atoms with Gasteiger partial charge in [0, 0.05) is 45.6 Å². The Morgan fingerprint density at radius 2 is 1.80 bits per heavy atom. The van der Waals surface area contributed by atoms with Crippen LogP contribution in [0.25, 0.3) is 0 Å². The van der Waals surface area contributed by atoms with Crippen molar-refractivity contribution in [2.75, 3.05) is 39.3 Å². The Morgan fingerprint density at radius 1 is 0.915 bits per heavy atom. The van der Waals surface area contributed by atoms with Gasteiger partial charge in [-0.3, -0.25) is 26.2 Å². The summed E-state index contributed by atoms with van der Waals surface area (Å²) in [5.74, 6) is 2.52. The molecular weight excluding hydrogens is 753 g/mol. The predicted molar refractivity (Wildman–Crippen MR) is 224 cm³/mol. The molecule has 7 aliphatic rings. The number of hydrogen-bond acceptors (Lipinski definition) is 12. The van der Waals surface area contributed by atoms with E-state index >= 15 is 0 Å². The number of carbonyl (C=O) groups excluding carboxylic acids is 1. The first kappa shape index (κ1) is 45.4. The summed E-state index contributed by atoms with van der Waals surface area (Å²) < 4.78 is 25.7. The first-order chi connectivity index (χ1) is 28.6. The molecule has 3 aliphatic carbocycles. The average molecular weight is 835 g/mol. The first-order valence-electron chi connectivity index (χ1n) is 24.2. The van der Waals surface area contributed by atoms with Crippen molar-refractivity contribution in [1.82, 2.24) is 16.0 Å². The Balaban J connectivity index is 0.868. The summed E-state index contributed by atoms with van der Waals surface area (Å²) in [5, 5.41) is 46.3. The molecule has 0 aromatic heterocycles. The van der Waals surface area contributed by atoms with E-state index < -0.39 is 24.4 Å². The van der Waals surface area contributed by atoms with Crippen LogP contribution in [0.2, 0.25) is 0 Å². The molecule has 15 atom stereocenters. The summed E-state index contributed by atoms with van der Waals surface area (Å²) in [6.07, 6.45) is 17.1. The quantitative estimate of drug-likeness (QED) is 0.0815. The minimum Gasteiger partial charge on any atom is -0.462 e. The molecule has 0 radical (unpaired) electrons. The van der Waals surface area contributed by atoms with Crippen molar-refractivity contribution in [3.63, 3.8) is 0 Å². The zero-order chi connectivity index (χ0) is 41.2. The smallest absolute Gasteiger partial charge is 0.343 e. The highest BCUT2D eigenvalue weighted by Crippen LogP contribution is 2.40. The minimum atomic E-state index is -0.912. The third kappa shape index (κ3) is 13.4. The van der Waals surface area contributed by atoms with Crippen LogP contribution in [0.3, 0.4) is 0 Å². The van der Waals surface area contributed by atoms with Crippen molar-refractivity contribution in [3.8, 4) is 0 Å². The second kappa shape index (κ2) is 22.1. The number of piperidine rings is 2. The molecular formula is C45H82N6O8+2. The van der Waals surface area contributed by atoms with Crippen LogP contribution in [0.1, 0.15) is 142 Å². The third-order valence-corrected chi connectivity index (χ3v) is 15.3. The molecule has 0 bridgehead atoms. The molecule has 7 rings (SSSR count). The maximum atomic E-state index is 12.1. The molecule has 59 heavy (non-hydrogen) atoms. The fourth-order valence-corrected chi connectivity index (χ4v) is 12.0. The number of nitrogens with one attached hydrogen (secondary N) is 4. The molecule has 3 saturated carbocycles. The fraction of sp³-hybridized carbons (Fsp3) is 0.956. The van der Waals surface area contributed by atoms with Crippen molar-refractivity contribution in [1.29, 1.82) is 0 Å². The van der Waals surface area contributed by atoms with Gasteiger partial charge in [-0.15, -0.1) is 0 Å². The molecule has 3 saturated heterocycles. The molecule has 338 valence electrons. The molecule has 0 aromatic carbocycles. The van der Waals surface area contributed by atoms with Crippen molar-refractivity contribution < 1.29 is 49.4 Å². The largest absolute Gasteiger partial charge is 0.462 e. The summed E-state index contributed by atoms with van der Waals surface area (Å²) in [4.78, 5) is 15.7. The van der Waals surface area contributed by atoms with Crippen LogP contribution in [-0.4, -0.2) is 133 Å². The number of guanidine groups is 1. The van der Waals surface area contributed by atoms with Gasteiger partial charge in [0.25, 0.3) is 0 Å². The van der Waals surface area contributed by atoms with Crippen LogP contribution in [0, 0.1) is 23.7 Å². The lowest BCUT2D eigenvalue weighted by molar-refractivity contribution is -0.699. The van der Waals surface area contributed by atoms with Crippen LogP contribution in [0.4, 0.5) is 0 Å². The fourth-order valence-electron chi connectivity index (χ4n) is 12.0. The second-order valence-electron chi connectivity index (χ2n) is 20.0. The molecule has 10 unspecified atom stereocenters. The van der Waals surface area contributed by atoms with Gasteiger partial charge in [0.2, 0.25) is 0 Å². The summed E-state index contributed by atoms with van der Waals surface area (Å²) in [5.41, 5.74) is 6.19. The number of rotatable bonds is 15. The van der Waals surface area contributed by atoms with Gasteiger partial charge in [0.15, 0.2) is 0 Å². The molecule has 14 heteroatoms. The van der Waals surface area contributed by atoms with Gasteiger partial charge < -0.3 is 44.9 Å². The zero-order valence-corrected chi connectivity index (χ0v) is 36.2. The number of aliphatic hydroxyl groups is 3. The number of ether oxygens (including phenoxy) is 4. The number of nitrogens with two attached hydrogens (primary N) is 2. The highest BCUT2D eigenvalue weighted by atomic mass is 16.6. The predicted octanol–water partition coefficient (Wildman–Crippen LogP) is 0.438. The monoisotopic (exact) mass is 835 g/mol. The highest BCUT2D eigenvalue weighted by molar-refractivity contribution is 5.75. The van der Waals surface area contributed by atoms with Crippen molar-refractivity contribution in [2.45, 2.75) is 208 Å². The lowest BCUT2D eigenvalue weighted by Crippen LogP contribution is -2.94. The van der Waals surface area contributed by atoms with Gasteiger partial charge in [-0.25, -0.2) is 0 Å². The van der Waals surface area contributed by atoms with Gasteiger partial charge >= 0.3 is 11.9 Å². The van der Waals surface area contributed by atoms with E-state index in [0.717, 1.165) is 128 Å². The van der Waals surface area contributed by atoms with Crippen LogP contribution >= 0.6 is 0 Å². The van der Waals surface area contributed by atoms with Crippen LogP contribution < -0.4 is 32.0 Å². The third-order valence-electron chi connectivity index (χ3n) is 15.3. The van der Waals surface area contributed by atoms with Gasteiger partial charge in [0.05, 0.1) is 67.9 Å². The highest BCUT2D eigenvalue weighted by Gasteiger charge is 2.46. The van der Waals surface area contributed by atoms with Crippen LogP contribution in [0.15, 0.2) is 0 Å². The summed E-state index contributed by atoms with van der Waals surface area (Å²) >= 11 is 0. The van der Waals surface area contributed by atoms with Crippen molar-refractivity contribution in [3.05, 3.63) is 0 Å². The Morgan fingerprint density at radius 3 is 2.63 bits per heavy atom. The number of hydrogen-bond donors (Lipinski definition) is 9. The molecule has 4 aliphatic heterocycles. The number of aliphatic hydroxyl groups excluding tert-OH is 3. The summed E-state index contributed by atoms with van der Waals surface area (Å²) in [7, 11) is 0. The normalized spacial score (nSPS) is 42.1. The number of quaternary nitrogens is 1. The van der Waals surface area contributed by atoms with Crippen molar-refractivity contribution in [2.24, 2.45) is 29.4 Å². The summed E-state index contributed by atoms with van der Waals surface area (Å²) in [6, 6.07) is 0. The van der Waals surface area contributed by atoms with E-state index in [4.69, 9.17) is 24.7 Å². The second-order valence-corrected chi connectivity index (χ2v) is 20.0. The Labute approximate surface area is 353 Å². The topological polar surface area (TPSA) is 207 Å². The van der Waals surface area contributed by atoms with E-state index in [0.29, 0.717) is 44.1 Å².